The summed E-state index contributed by atoms with van der Waals surface area (Å²) in [7, 11) is 2.19. The first-order chi connectivity index (χ1) is 9.76. The van der Waals surface area contributed by atoms with Gasteiger partial charge in [-0.3, -0.25) is 0 Å². The quantitative estimate of drug-likeness (QED) is 0.923. The summed E-state index contributed by atoms with van der Waals surface area (Å²) in [5, 5.41) is 4.40. The van der Waals surface area contributed by atoms with Crippen molar-refractivity contribution >= 4 is 17.3 Å². The van der Waals surface area contributed by atoms with Gasteiger partial charge in [-0.05, 0) is 52.4 Å². The average molecular weight is 310 g/mol. The maximum Gasteiger partial charge on any atom is 0.0430 e. The molecule has 1 N–H and O–H groups in total. The van der Waals surface area contributed by atoms with Gasteiger partial charge < -0.3 is 15.1 Å². The lowest BCUT2D eigenvalue weighted by Crippen LogP contribution is -2.51. The van der Waals surface area contributed by atoms with Gasteiger partial charge in [0.05, 0.1) is 0 Å². The summed E-state index contributed by atoms with van der Waals surface area (Å²) in [5.41, 5.74) is 2.72. The van der Waals surface area contributed by atoms with Crippen LogP contribution in [0.1, 0.15) is 33.3 Å². The first-order valence-electron chi connectivity index (χ1n) is 7.75. The van der Waals surface area contributed by atoms with E-state index < -0.39 is 0 Å². The number of piperazine rings is 1. The van der Waals surface area contributed by atoms with E-state index in [1.165, 1.54) is 11.3 Å². The zero-order chi connectivity index (χ0) is 15.6. The number of likely N-dealkylation sites (N-methyl/N-ethyl adjacent to an activating group) is 1. The Morgan fingerprint density at radius 1 is 1.29 bits per heavy atom. The van der Waals surface area contributed by atoms with Crippen molar-refractivity contribution in [2.45, 2.75) is 45.8 Å². The van der Waals surface area contributed by atoms with Gasteiger partial charge in [-0.25, -0.2) is 0 Å². The molecular formula is C17H28ClN3. The lowest BCUT2D eigenvalue weighted by atomic mass is 10.1. The molecule has 1 unspecified atom stereocenters. The Morgan fingerprint density at radius 2 is 2.00 bits per heavy atom. The van der Waals surface area contributed by atoms with E-state index >= 15 is 0 Å². The number of nitrogens with one attached hydrogen (secondary N) is 1. The van der Waals surface area contributed by atoms with Crippen molar-refractivity contribution in [2.75, 3.05) is 31.6 Å². The largest absolute Gasteiger partial charge is 0.366 e. The van der Waals surface area contributed by atoms with Crippen LogP contribution in [-0.4, -0.2) is 43.2 Å². The Labute approximate surface area is 134 Å². The molecular weight excluding hydrogens is 282 g/mol. The second kappa shape index (κ2) is 6.55. The summed E-state index contributed by atoms with van der Waals surface area (Å²) in [5.74, 6) is 0. The van der Waals surface area contributed by atoms with Gasteiger partial charge in [0.25, 0.3) is 0 Å². The van der Waals surface area contributed by atoms with Gasteiger partial charge in [-0.1, -0.05) is 17.7 Å². The molecule has 0 aliphatic carbocycles. The zero-order valence-corrected chi connectivity index (χ0v) is 14.7. The molecule has 1 fully saturated rings. The molecule has 3 nitrogen and oxygen atoms in total. The molecule has 0 radical (unpaired) electrons. The van der Waals surface area contributed by atoms with E-state index in [-0.39, 0.29) is 5.54 Å². The summed E-state index contributed by atoms with van der Waals surface area (Å²) >= 11 is 6.25. The number of halogens is 1. The first-order valence-corrected chi connectivity index (χ1v) is 8.13. The molecule has 1 aromatic rings. The molecule has 118 valence electrons. The smallest absolute Gasteiger partial charge is 0.0430 e. The molecule has 0 amide bonds. The van der Waals surface area contributed by atoms with E-state index in [1.54, 1.807) is 0 Å². The topological polar surface area (TPSA) is 18.5 Å². The standard InChI is InChI=1S/C17H28ClN3/c1-13-12-20(5)8-9-21(13)16-10-15(18)7-6-14(16)11-19-17(2,3)4/h6-7,10,13,19H,8-9,11-12H2,1-5H3. The number of benzene rings is 1. The molecule has 1 aliphatic rings. The third kappa shape index (κ3) is 4.60. The van der Waals surface area contributed by atoms with Crippen LogP contribution in [0.5, 0.6) is 0 Å². The van der Waals surface area contributed by atoms with Gasteiger partial charge >= 0.3 is 0 Å². The lowest BCUT2D eigenvalue weighted by molar-refractivity contribution is 0.275. The second-order valence-corrected chi connectivity index (χ2v) is 7.62. The van der Waals surface area contributed by atoms with Crippen LogP contribution in [0.15, 0.2) is 18.2 Å². The van der Waals surface area contributed by atoms with Gasteiger partial charge in [-0.15, -0.1) is 0 Å². The Morgan fingerprint density at radius 3 is 2.62 bits per heavy atom. The maximum atomic E-state index is 6.25. The fraction of sp³-hybridized carbons (Fsp3) is 0.647. The van der Waals surface area contributed by atoms with Crippen molar-refractivity contribution < 1.29 is 0 Å². The van der Waals surface area contributed by atoms with Crippen LogP contribution >= 0.6 is 11.6 Å². The Balaban J connectivity index is 2.22. The summed E-state index contributed by atoms with van der Waals surface area (Å²) in [6, 6.07) is 6.77. The molecule has 1 saturated heterocycles. The summed E-state index contributed by atoms with van der Waals surface area (Å²) in [6.45, 7) is 13.0. The normalized spacial score (nSPS) is 20.9. The molecule has 1 aliphatic heterocycles. The number of anilines is 1. The first kappa shape index (κ1) is 16.6. The van der Waals surface area contributed by atoms with Gasteiger partial charge in [-0.2, -0.15) is 0 Å². The molecule has 4 heteroatoms. The predicted molar refractivity (Wildman–Crippen MR) is 92.3 cm³/mol. The third-order valence-electron chi connectivity index (χ3n) is 4.00. The van der Waals surface area contributed by atoms with Crippen molar-refractivity contribution in [1.29, 1.82) is 0 Å². The minimum absolute atomic E-state index is 0.116. The molecule has 0 bridgehead atoms. The highest BCUT2D eigenvalue weighted by Gasteiger charge is 2.24. The number of hydrogen-bond donors (Lipinski definition) is 1. The SMILES string of the molecule is CC1CN(C)CCN1c1cc(Cl)ccc1CNC(C)(C)C. The number of hydrogen-bond acceptors (Lipinski definition) is 3. The van der Waals surface area contributed by atoms with Crippen LogP contribution in [0.25, 0.3) is 0 Å². The molecule has 1 atom stereocenters. The Hall–Kier alpha value is -0.770. The lowest BCUT2D eigenvalue weighted by Gasteiger charge is -2.41. The highest BCUT2D eigenvalue weighted by atomic mass is 35.5. The molecule has 1 aromatic carbocycles. The van der Waals surface area contributed by atoms with Crippen molar-refractivity contribution in [1.82, 2.24) is 10.2 Å². The Bertz CT molecular complexity index is 481. The van der Waals surface area contributed by atoms with Gasteiger partial charge in [0.2, 0.25) is 0 Å². The minimum Gasteiger partial charge on any atom is -0.366 e. The van der Waals surface area contributed by atoms with Crippen molar-refractivity contribution in [3.63, 3.8) is 0 Å². The monoisotopic (exact) mass is 309 g/mol. The molecule has 0 aromatic heterocycles. The molecule has 21 heavy (non-hydrogen) atoms. The van der Waals surface area contributed by atoms with Crippen LogP contribution in [0, 0.1) is 0 Å². The van der Waals surface area contributed by atoms with Crippen LogP contribution < -0.4 is 10.2 Å². The van der Waals surface area contributed by atoms with E-state index in [4.69, 9.17) is 11.6 Å². The van der Waals surface area contributed by atoms with Crippen molar-refractivity contribution in [2.24, 2.45) is 0 Å². The van der Waals surface area contributed by atoms with Crippen LogP contribution in [0.3, 0.4) is 0 Å². The van der Waals surface area contributed by atoms with Crippen LogP contribution in [-0.2, 0) is 6.54 Å². The summed E-state index contributed by atoms with van der Waals surface area (Å²) < 4.78 is 0. The number of rotatable bonds is 3. The van der Waals surface area contributed by atoms with Gasteiger partial charge in [0.1, 0.15) is 0 Å². The average Bonchev–Trinajstić information content (AvgIpc) is 2.36. The molecule has 1 heterocycles. The van der Waals surface area contributed by atoms with E-state index in [1.807, 2.05) is 6.07 Å². The highest BCUT2D eigenvalue weighted by molar-refractivity contribution is 6.30. The van der Waals surface area contributed by atoms with Crippen molar-refractivity contribution in [3.8, 4) is 0 Å². The van der Waals surface area contributed by atoms with E-state index in [9.17, 15) is 0 Å². The fourth-order valence-electron chi connectivity index (χ4n) is 2.81. The predicted octanol–water partition coefficient (Wildman–Crippen LogP) is 3.37. The van der Waals surface area contributed by atoms with Gasteiger partial charge in [0.15, 0.2) is 0 Å². The highest BCUT2D eigenvalue weighted by Crippen LogP contribution is 2.28. The molecule has 0 saturated carbocycles. The second-order valence-electron chi connectivity index (χ2n) is 7.18. The van der Waals surface area contributed by atoms with Crippen LogP contribution in [0.4, 0.5) is 5.69 Å². The van der Waals surface area contributed by atoms with Crippen molar-refractivity contribution in [3.05, 3.63) is 28.8 Å². The van der Waals surface area contributed by atoms with E-state index in [0.29, 0.717) is 6.04 Å². The maximum absolute atomic E-state index is 6.25. The Kier molecular flexibility index (Phi) is 5.18. The van der Waals surface area contributed by atoms with E-state index in [2.05, 4.69) is 62.0 Å². The third-order valence-corrected chi connectivity index (χ3v) is 4.23. The zero-order valence-electron chi connectivity index (χ0n) is 13.9. The molecule has 0 spiro atoms. The van der Waals surface area contributed by atoms with E-state index in [0.717, 1.165) is 31.2 Å². The van der Waals surface area contributed by atoms with Crippen LogP contribution in [0.2, 0.25) is 5.02 Å². The number of nitrogens with zero attached hydrogens (tertiary/aromatic N) is 2. The van der Waals surface area contributed by atoms with Gasteiger partial charge in [0, 0.05) is 48.5 Å². The minimum atomic E-state index is 0.116. The summed E-state index contributed by atoms with van der Waals surface area (Å²) in [4.78, 5) is 4.88. The summed E-state index contributed by atoms with van der Waals surface area (Å²) in [6.07, 6.45) is 0. The molecule has 2 rings (SSSR count). The fourth-order valence-corrected chi connectivity index (χ4v) is 2.98.